The fraction of sp³-hybridized carbons (Fsp3) is 0.500. The van der Waals surface area contributed by atoms with Crippen molar-refractivity contribution in [3.63, 3.8) is 0 Å². The van der Waals surface area contributed by atoms with Gasteiger partial charge in [-0.05, 0) is 25.5 Å². The van der Waals surface area contributed by atoms with E-state index in [0.29, 0.717) is 13.1 Å². The van der Waals surface area contributed by atoms with Crippen molar-refractivity contribution in [1.29, 1.82) is 0 Å². The largest absolute Gasteiger partial charge is 0.613 e. The summed E-state index contributed by atoms with van der Waals surface area (Å²) in [5.41, 5.74) is 5.19. The van der Waals surface area contributed by atoms with E-state index >= 15 is 0 Å². The topological polar surface area (TPSA) is 125 Å². The molecule has 9 heteroatoms. The molecule has 0 aromatic heterocycles. The number of halogens is 1. The normalized spacial score (nSPS) is 12.7. The monoisotopic (exact) mass is 349 g/mol. The fourth-order valence-corrected chi connectivity index (χ4v) is 2.40. The predicted molar refractivity (Wildman–Crippen MR) is 85.0 cm³/mol. The lowest BCUT2D eigenvalue weighted by atomic mass is 10.1. The second kappa shape index (κ2) is 9.75. The minimum atomic E-state index is -4.58. The molecule has 0 fully saturated rings. The number of nitrogens with two attached hydrogens (primary N) is 1. The number of carbonyl (C=O) groups is 1. The summed E-state index contributed by atoms with van der Waals surface area (Å²) in [6.07, 6.45) is 1.44. The van der Waals surface area contributed by atoms with Crippen LogP contribution < -0.4 is 15.6 Å². The minimum Gasteiger partial charge on any atom is -0.353 e. The first-order valence-electron chi connectivity index (χ1n) is 7.33. The first-order valence-corrected chi connectivity index (χ1v) is 8.89. The molecule has 0 heterocycles. The summed E-state index contributed by atoms with van der Waals surface area (Å²) in [5.74, 6) is -1.14. The van der Waals surface area contributed by atoms with Crippen molar-refractivity contribution in [3.05, 3.63) is 29.8 Å². The van der Waals surface area contributed by atoms with E-state index in [1.807, 2.05) is 0 Å². The molecule has 0 saturated heterocycles. The van der Waals surface area contributed by atoms with Gasteiger partial charge < -0.3 is 11.1 Å². The number of carbonyl (C=O) groups excluding carboxylic acids is 1. The Hall–Kier alpha value is -1.31. The highest BCUT2D eigenvalue weighted by Gasteiger charge is 2.37. The fourth-order valence-electron chi connectivity index (χ4n) is 1.97. The average Bonchev–Trinajstić information content (AvgIpc) is 2.49. The summed E-state index contributed by atoms with van der Waals surface area (Å²) in [7, 11) is -4.58. The van der Waals surface area contributed by atoms with Gasteiger partial charge >= 0.3 is 8.17 Å². The molecule has 1 atom stereocenters. The Morgan fingerprint density at radius 1 is 1.22 bits per heavy atom. The molecule has 0 radical (unpaired) electrons. The summed E-state index contributed by atoms with van der Waals surface area (Å²) in [4.78, 5) is 38.6. The lowest BCUT2D eigenvalue weighted by molar-refractivity contribution is -0.126. The van der Waals surface area contributed by atoms with Gasteiger partial charge in [0, 0.05) is 12.1 Å². The van der Waals surface area contributed by atoms with Crippen LogP contribution in [0, 0.1) is 0 Å². The van der Waals surface area contributed by atoms with Crippen LogP contribution in [0.1, 0.15) is 37.4 Å². The first-order chi connectivity index (χ1) is 10.8. The molecule has 0 spiro atoms. The van der Waals surface area contributed by atoms with E-state index in [1.54, 1.807) is 0 Å². The maximum Gasteiger partial charge on any atom is 0.613 e. The molecule has 0 aliphatic rings. The van der Waals surface area contributed by atoms with Gasteiger partial charge in [-0.3, -0.25) is 9.32 Å². The van der Waals surface area contributed by atoms with E-state index in [2.05, 4.69) is 9.84 Å². The van der Waals surface area contributed by atoms with Crippen molar-refractivity contribution in [3.8, 4) is 5.75 Å². The number of nitrogens with one attached hydrogen (secondary N) is 1. The molecule has 0 saturated carbocycles. The molecule has 0 bridgehead atoms. The third-order valence-electron chi connectivity index (χ3n) is 3.07. The molecule has 6 N–H and O–H groups in total. The van der Waals surface area contributed by atoms with E-state index in [1.165, 1.54) is 24.3 Å². The van der Waals surface area contributed by atoms with Crippen molar-refractivity contribution in [2.24, 2.45) is 5.73 Å². The standard InChI is InChI=1S/C14H22FN2O5P/c15-13(14(18)17-10-6-2-1-5-9-16)11-7-3-4-8-12(11)22-23(19,20)21/h3-4,7-8,13,19-21H,1-2,5-6,9-10,16H2/p+1. The Morgan fingerprint density at radius 3 is 2.52 bits per heavy atom. The zero-order valence-corrected chi connectivity index (χ0v) is 13.6. The summed E-state index contributed by atoms with van der Waals surface area (Å²) in [6.45, 7) is 0.962. The van der Waals surface area contributed by atoms with E-state index < -0.39 is 20.2 Å². The molecule has 0 aliphatic heterocycles. The molecule has 1 unspecified atom stereocenters. The molecule has 1 aromatic carbocycles. The molecular formula is C14H23FN2O5P+. The van der Waals surface area contributed by atoms with Crippen LogP contribution in [0.2, 0.25) is 0 Å². The SMILES string of the molecule is NCCCCCCNC(=O)C(F)c1ccccc1O[P+](O)(O)O. The van der Waals surface area contributed by atoms with E-state index in [0.717, 1.165) is 25.7 Å². The van der Waals surface area contributed by atoms with Crippen molar-refractivity contribution in [2.45, 2.75) is 31.9 Å². The predicted octanol–water partition coefficient (Wildman–Crippen LogP) is 1.37. The van der Waals surface area contributed by atoms with Gasteiger partial charge in [0.05, 0.1) is 0 Å². The van der Waals surface area contributed by atoms with Gasteiger partial charge in [-0.1, -0.05) is 31.0 Å². The number of unbranched alkanes of at least 4 members (excludes halogenated alkanes) is 3. The molecule has 23 heavy (non-hydrogen) atoms. The van der Waals surface area contributed by atoms with Crippen molar-refractivity contribution in [2.75, 3.05) is 13.1 Å². The van der Waals surface area contributed by atoms with Gasteiger partial charge in [0.15, 0.2) is 5.75 Å². The van der Waals surface area contributed by atoms with Crippen LogP contribution in [0.25, 0.3) is 0 Å². The molecule has 0 aliphatic carbocycles. The highest BCUT2D eigenvalue weighted by molar-refractivity contribution is 7.53. The van der Waals surface area contributed by atoms with Crippen LogP contribution >= 0.6 is 8.17 Å². The molecule has 130 valence electrons. The van der Waals surface area contributed by atoms with E-state index in [4.69, 9.17) is 20.4 Å². The number of rotatable bonds is 10. The molecular weight excluding hydrogens is 326 g/mol. The van der Waals surface area contributed by atoms with Gasteiger partial charge in [-0.2, -0.15) is 14.7 Å². The highest BCUT2D eigenvalue weighted by atomic mass is 31.2. The molecule has 1 rings (SSSR count). The maximum absolute atomic E-state index is 14.3. The Kier molecular flexibility index (Phi) is 8.36. The zero-order valence-electron chi connectivity index (χ0n) is 12.7. The Bertz CT molecular complexity index is 498. The van der Waals surface area contributed by atoms with Crippen molar-refractivity contribution >= 4 is 14.1 Å². The maximum atomic E-state index is 14.3. The Labute approximate surface area is 134 Å². The van der Waals surface area contributed by atoms with Gasteiger partial charge in [-0.25, -0.2) is 4.39 Å². The third kappa shape index (κ3) is 7.67. The smallest absolute Gasteiger partial charge is 0.353 e. The van der Waals surface area contributed by atoms with Crippen LogP contribution in [0.3, 0.4) is 0 Å². The van der Waals surface area contributed by atoms with Gasteiger partial charge in [-0.15, -0.1) is 0 Å². The first kappa shape index (κ1) is 19.7. The van der Waals surface area contributed by atoms with Crippen molar-refractivity contribution < 1.29 is 28.4 Å². The van der Waals surface area contributed by atoms with Gasteiger partial charge in [0.25, 0.3) is 5.91 Å². The molecule has 7 nitrogen and oxygen atoms in total. The number of hydrogen-bond acceptors (Lipinski definition) is 6. The quantitative estimate of drug-likeness (QED) is 0.321. The van der Waals surface area contributed by atoms with Crippen molar-refractivity contribution in [1.82, 2.24) is 5.32 Å². The molecule has 1 amide bonds. The van der Waals surface area contributed by atoms with Gasteiger partial charge in [0.2, 0.25) is 6.17 Å². The van der Waals surface area contributed by atoms with E-state index in [9.17, 15) is 9.18 Å². The zero-order chi connectivity index (χ0) is 17.3. The number of hydrogen-bond donors (Lipinski definition) is 5. The number of benzene rings is 1. The number of para-hydroxylation sites is 1. The summed E-state index contributed by atoms with van der Waals surface area (Å²) >= 11 is 0. The third-order valence-corrected chi connectivity index (χ3v) is 3.51. The van der Waals surface area contributed by atoms with Crippen LogP contribution in [0.4, 0.5) is 4.39 Å². The highest BCUT2D eigenvalue weighted by Crippen LogP contribution is 2.47. The number of alkyl halides is 1. The Balaban J connectivity index is 2.56. The van der Waals surface area contributed by atoms with E-state index in [-0.39, 0.29) is 11.3 Å². The average molecular weight is 349 g/mol. The lowest BCUT2D eigenvalue weighted by Crippen LogP contribution is -2.28. The lowest BCUT2D eigenvalue weighted by Gasteiger charge is -2.13. The molecule has 1 aromatic rings. The van der Waals surface area contributed by atoms with Crippen LogP contribution in [-0.2, 0) is 4.79 Å². The van der Waals surface area contributed by atoms with Crippen LogP contribution in [0.5, 0.6) is 5.75 Å². The van der Waals surface area contributed by atoms with Gasteiger partial charge in [0.1, 0.15) is 0 Å². The summed E-state index contributed by atoms with van der Waals surface area (Å²) in [5, 5.41) is 2.47. The second-order valence-electron chi connectivity index (χ2n) is 5.00. The summed E-state index contributed by atoms with van der Waals surface area (Å²) in [6, 6.07) is 5.44. The minimum absolute atomic E-state index is 0.186. The van der Waals surface area contributed by atoms with Crippen LogP contribution in [0.15, 0.2) is 24.3 Å². The summed E-state index contributed by atoms with van der Waals surface area (Å²) < 4.78 is 18.8. The number of amides is 1. The van der Waals surface area contributed by atoms with Crippen LogP contribution in [-0.4, -0.2) is 33.7 Å². The Morgan fingerprint density at radius 2 is 1.87 bits per heavy atom. The second-order valence-corrected chi connectivity index (χ2v) is 6.21.